The molecule has 0 aliphatic heterocycles. The van der Waals surface area contributed by atoms with Crippen molar-refractivity contribution in [1.29, 1.82) is 0 Å². The summed E-state index contributed by atoms with van der Waals surface area (Å²) in [6, 6.07) is 16.3. The predicted molar refractivity (Wildman–Crippen MR) is 83.6 cm³/mol. The first-order valence-corrected chi connectivity index (χ1v) is 10.3. The highest BCUT2D eigenvalue weighted by atomic mass is 79.9. The van der Waals surface area contributed by atoms with Crippen LogP contribution in [0.5, 0.6) is 11.5 Å². The van der Waals surface area contributed by atoms with E-state index >= 15 is 0 Å². The lowest BCUT2D eigenvalue weighted by Gasteiger charge is -2.21. The minimum absolute atomic E-state index is 0.864. The van der Waals surface area contributed by atoms with Gasteiger partial charge in [0.15, 0.2) is 0 Å². The van der Waals surface area contributed by atoms with Crippen LogP contribution in [0.25, 0.3) is 0 Å². The summed E-state index contributed by atoms with van der Waals surface area (Å²) in [6.45, 7) is 6.99. The molecule has 0 unspecified atom stereocenters. The Morgan fingerprint density at radius 3 is 2.00 bits per heavy atom. The third-order valence-corrected chi connectivity index (χ3v) is 5.44. The van der Waals surface area contributed by atoms with Gasteiger partial charge in [0.05, 0.1) is 12.5 Å². The van der Waals surface area contributed by atoms with Crippen LogP contribution in [0.1, 0.15) is 0 Å². The maximum absolute atomic E-state index is 6.05. The van der Waals surface area contributed by atoms with Crippen LogP contribution in [0.2, 0.25) is 19.6 Å². The molecule has 0 fully saturated rings. The Morgan fingerprint density at radius 2 is 1.39 bits per heavy atom. The van der Waals surface area contributed by atoms with Crippen LogP contribution >= 0.6 is 15.9 Å². The van der Waals surface area contributed by atoms with Crippen LogP contribution in [0.4, 0.5) is 0 Å². The molecule has 0 amide bonds. The lowest BCUT2D eigenvalue weighted by Crippen LogP contribution is -2.38. The first kappa shape index (κ1) is 13.4. The van der Waals surface area contributed by atoms with E-state index in [1.165, 1.54) is 5.19 Å². The number of ether oxygens (including phenoxy) is 1. The molecule has 0 radical (unpaired) electrons. The van der Waals surface area contributed by atoms with Crippen molar-refractivity contribution in [2.45, 2.75) is 19.6 Å². The third kappa shape index (κ3) is 3.03. The highest BCUT2D eigenvalue weighted by Gasteiger charge is 2.21. The summed E-state index contributed by atoms with van der Waals surface area (Å²) in [7, 11) is -1.39. The van der Waals surface area contributed by atoms with Crippen LogP contribution in [0, 0.1) is 0 Å². The normalized spacial score (nSPS) is 11.3. The number of rotatable bonds is 3. The Kier molecular flexibility index (Phi) is 3.93. The molecule has 0 atom stereocenters. The van der Waals surface area contributed by atoms with Crippen LogP contribution in [0.15, 0.2) is 53.0 Å². The van der Waals surface area contributed by atoms with Gasteiger partial charge >= 0.3 is 0 Å². The summed E-state index contributed by atoms with van der Waals surface area (Å²) >= 11 is 3.52. The molecule has 3 heteroatoms. The molecule has 1 nitrogen and oxygen atoms in total. The summed E-state index contributed by atoms with van der Waals surface area (Å²) < 4.78 is 7.04. The number of halogens is 1. The van der Waals surface area contributed by atoms with Crippen molar-refractivity contribution in [3.63, 3.8) is 0 Å². The first-order chi connectivity index (χ1) is 8.48. The van der Waals surface area contributed by atoms with Gasteiger partial charge in [-0.15, -0.1) is 0 Å². The molecular weight excluding hydrogens is 304 g/mol. The molecule has 94 valence electrons. The predicted octanol–water partition coefficient (Wildman–Crippen LogP) is 4.79. The Bertz CT molecular complexity index is 546. The fourth-order valence-corrected chi connectivity index (χ4v) is 3.66. The molecule has 0 aliphatic carbocycles. The van der Waals surface area contributed by atoms with Crippen molar-refractivity contribution in [2.75, 3.05) is 0 Å². The maximum atomic E-state index is 6.05. The van der Waals surface area contributed by atoms with Gasteiger partial charge in [-0.05, 0) is 39.3 Å². The Balaban J connectivity index is 2.39. The lowest BCUT2D eigenvalue weighted by atomic mass is 10.3. The zero-order valence-electron chi connectivity index (χ0n) is 10.9. The Hall–Kier alpha value is -1.06. The molecule has 2 rings (SSSR count). The second-order valence-corrected chi connectivity index (χ2v) is 11.2. The fraction of sp³-hybridized carbons (Fsp3) is 0.200. The molecule has 2 aromatic carbocycles. The van der Waals surface area contributed by atoms with E-state index in [2.05, 4.69) is 47.7 Å². The molecule has 0 saturated heterocycles. The van der Waals surface area contributed by atoms with E-state index in [4.69, 9.17) is 4.74 Å². The number of benzene rings is 2. The quantitative estimate of drug-likeness (QED) is 0.739. The van der Waals surface area contributed by atoms with Gasteiger partial charge in [0.2, 0.25) is 0 Å². The minimum atomic E-state index is -1.39. The minimum Gasteiger partial charge on any atom is -0.456 e. The van der Waals surface area contributed by atoms with E-state index in [-0.39, 0.29) is 0 Å². The van der Waals surface area contributed by atoms with Crippen molar-refractivity contribution in [3.05, 3.63) is 53.0 Å². The summed E-state index contributed by atoms with van der Waals surface area (Å²) in [6.07, 6.45) is 0. The fourth-order valence-electron chi connectivity index (χ4n) is 1.82. The van der Waals surface area contributed by atoms with Crippen LogP contribution < -0.4 is 9.92 Å². The van der Waals surface area contributed by atoms with Crippen molar-refractivity contribution in [1.82, 2.24) is 0 Å². The zero-order valence-corrected chi connectivity index (χ0v) is 13.5. The zero-order chi connectivity index (χ0) is 13.2. The van der Waals surface area contributed by atoms with Gasteiger partial charge in [-0.2, -0.15) is 0 Å². The average Bonchev–Trinajstić information content (AvgIpc) is 2.31. The van der Waals surface area contributed by atoms with Crippen molar-refractivity contribution < 1.29 is 4.74 Å². The molecule has 0 saturated carbocycles. The molecular formula is C15H17BrOSi. The summed E-state index contributed by atoms with van der Waals surface area (Å²) in [4.78, 5) is 0. The highest BCUT2D eigenvalue weighted by Crippen LogP contribution is 2.29. The summed E-state index contributed by atoms with van der Waals surface area (Å²) in [5, 5.41) is 1.35. The van der Waals surface area contributed by atoms with E-state index in [0.29, 0.717) is 0 Å². The van der Waals surface area contributed by atoms with E-state index in [0.717, 1.165) is 16.0 Å². The second-order valence-electron chi connectivity index (χ2n) is 5.28. The molecule has 0 spiro atoms. The standard InChI is InChI=1S/C15H17BrOSi/c1-18(2,3)15-11-7-6-10-14(15)17-13-9-5-4-8-12(13)16/h4-11H,1-3H3. The van der Waals surface area contributed by atoms with Gasteiger partial charge in [-0.25, -0.2) is 0 Å². The molecule has 0 N–H and O–H groups in total. The maximum Gasteiger partial charge on any atom is 0.141 e. The SMILES string of the molecule is C[Si](C)(C)c1ccccc1Oc1ccccc1Br. The molecule has 18 heavy (non-hydrogen) atoms. The number of para-hydroxylation sites is 2. The second kappa shape index (κ2) is 5.29. The highest BCUT2D eigenvalue weighted by molar-refractivity contribution is 9.10. The van der Waals surface area contributed by atoms with Crippen molar-refractivity contribution in [3.8, 4) is 11.5 Å². The van der Waals surface area contributed by atoms with Crippen molar-refractivity contribution >= 4 is 29.2 Å². The van der Waals surface area contributed by atoms with E-state index in [9.17, 15) is 0 Å². The molecule has 2 aromatic rings. The molecule has 0 aliphatic rings. The van der Waals surface area contributed by atoms with Gasteiger partial charge < -0.3 is 4.74 Å². The lowest BCUT2D eigenvalue weighted by molar-refractivity contribution is 0.483. The third-order valence-electron chi connectivity index (χ3n) is 2.75. The van der Waals surface area contributed by atoms with Gasteiger partial charge in [0, 0.05) is 0 Å². The van der Waals surface area contributed by atoms with Gasteiger partial charge in [0.25, 0.3) is 0 Å². The van der Waals surface area contributed by atoms with Crippen LogP contribution in [-0.4, -0.2) is 8.07 Å². The van der Waals surface area contributed by atoms with Crippen molar-refractivity contribution in [2.24, 2.45) is 0 Å². The Labute approximate surface area is 118 Å². The van der Waals surface area contributed by atoms with Gasteiger partial charge in [-0.3, -0.25) is 0 Å². The van der Waals surface area contributed by atoms with Crippen LogP contribution in [-0.2, 0) is 0 Å². The average molecular weight is 321 g/mol. The van der Waals surface area contributed by atoms with Crippen LogP contribution in [0.3, 0.4) is 0 Å². The summed E-state index contributed by atoms with van der Waals surface area (Å²) in [5.41, 5.74) is 0. The first-order valence-electron chi connectivity index (χ1n) is 6.00. The smallest absolute Gasteiger partial charge is 0.141 e. The number of hydrogen-bond acceptors (Lipinski definition) is 1. The largest absolute Gasteiger partial charge is 0.456 e. The van der Waals surface area contributed by atoms with Gasteiger partial charge in [-0.1, -0.05) is 50.0 Å². The number of hydrogen-bond donors (Lipinski definition) is 0. The molecule has 0 aromatic heterocycles. The van der Waals surface area contributed by atoms with E-state index in [1.807, 2.05) is 36.4 Å². The Morgan fingerprint density at radius 1 is 0.833 bits per heavy atom. The van der Waals surface area contributed by atoms with Gasteiger partial charge in [0.1, 0.15) is 11.5 Å². The topological polar surface area (TPSA) is 9.23 Å². The van der Waals surface area contributed by atoms with E-state index in [1.54, 1.807) is 0 Å². The monoisotopic (exact) mass is 320 g/mol. The molecule has 0 bridgehead atoms. The van der Waals surface area contributed by atoms with E-state index < -0.39 is 8.07 Å². The summed E-state index contributed by atoms with van der Waals surface area (Å²) in [5.74, 6) is 1.84. The molecule has 0 heterocycles.